The number of sulfone groups is 1. The van der Waals surface area contributed by atoms with Gasteiger partial charge >= 0.3 is 0 Å². The van der Waals surface area contributed by atoms with Crippen molar-refractivity contribution in [3.8, 4) is 0 Å². The number of ether oxygens (including phenoxy) is 1. The summed E-state index contributed by atoms with van der Waals surface area (Å²) in [4.78, 5) is 22.5. The van der Waals surface area contributed by atoms with E-state index in [1.165, 1.54) is 33.8 Å². The van der Waals surface area contributed by atoms with Gasteiger partial charge in [0.15, 0.2) is 15.0 Å². The molecule has 3 heterocycles. The Bertz CT molecular complexity index is 1580. The van der Waals surface area contributed by atoms with Gasteiger partial charge in [0, 0.05) is 51.1 Å². The van der Waals surface area contributed by atoms with E-state index >= 15 is 0 Å². The number of sulfonamides is 1. The maximum atomic E-state index is 13.9. The van der Waals surface area contributed by atoms with E-state index in [2.05, 4.69) is 16.8 Å². The third-order valence-corrected chi connectivity index (χ3v) is 11.4. The molecule has 5 rings (SSSR count). The van der Waals surface area contributed by atoms with Crippen molar-refractivity contribution in [1.82, 2.24) is 14.2 Å². The molecule has 0 N–H and O–H groups in total. The van der Waals surface area contributed by atoms with E-state index in [9.17, 15) is 21.6 Å². The summed E-state index contributed by atoms with van der Waals surface area (Å²) in [5.41, 5.74) is 0.668. The number of carbonyl (C=O) groups is 1. The Labute approximate surface area is 239 Å². The van der Waals surface area contributed by atoms with Gasteiger partial charge in [-0.05, 0) is 55.2 Å². The lowest BCUT2D eigenvalue weighted by Gasteiger charge is -2.30. The van der Waals surface area contributed by atoms with Crippen LogP contribution in [0.5, 0.6) is 0 Å². The van der Waals surface area contributed by atoms with Crippen molar-refractivity contribution in [1.29, 1.82) is 0 Å². The molecule has 0 aliphatic carbocycles. The lowest BCUT2D eigenvalue weighted by molar-refractivity contribution is 0.0391. The number of piperidine rings is 1. The predicted molar refractivity (Wildman–Crippen MR) is 155 cm³/mol. The van der Waals surface area contributed by atoms with Crippen LogP contribution < -0.4 is 4.90 Å². The second kappa shape index (κ2) is 11.8. The Hall–Kier alpha value is -2.42. The van der Waals surface area contributed by atoms with Gasteiger partial charge in [0.2, 0.25) is 10.0 Å². The minimum absolute atomic E-state index is 0.120. The topological polar surface area (TPSA) is 117 Å². The van der Waals surface area contributed by atoms with Gasteiger partial charge in [-0.2, -0.15) is 4.31 Å². The molecule has 0 spiro atoms. The lowest BCUT2D eigenvalue weighted by atomic mass is 10.0. The number of morpholine rings is 1. The summed E-state index contributed by atoms with van der Waals surface area (Å²) in [5, 5.41) is 0.392. The molecule has 3 aromatic rings. The molecule has 1 aromatic heterocycles. The smallest absolute Gasteiger partial charge is 0.260 e. The number of aromatic nitrogens is 1. The summed E-state index contributed by atoms with van der Waals surface area (Å²) >= 11 is 1.26. The standard InChI is InChI=1S/C27H34N4O6S3/c1-20-5-4-12-30(19-20)40(35,36)22-10-8-21(9-11-22)26(32)31(14-13-29-15-17-37-18-16-29)27-28-25-23(38-27)6-3-7-24(25)39(2,33)34/h3,6-11,20H,4-5,12-19H2,1-2H3. The Balaban J connectivity index is 1.45. The van der Waals surface area contributed by atoms with Gasteiger partial charge in [-0.3, -0.25) is 14.6 Å². The van der Waals surface area contributed by atoms with Crippen LogP contribution in [0.25, 0.3) is 10.2 Å². The lowest BCUT2D eigenvalue weighted by Crippen LogP contribution is -2.43. The normalized spacial score (nSPS) is 19.6. The molecular weight excluding hydrogens is 573 g/mol. The van der Waals surface area contributed by atoms with Crippen LogP contribution in [-0.2, 0) is 24.6 Å². The Morgan fingerprint density at radius 3 is 2.48 bits per heavy atom. The van der Waals surface area contributed by atoms with Crippen LogP contribution in [0.4, 0.5) is 5.13 Å². The number of rotatable bonds is 8. The summed E-state index contributed by atoms with van der Waals surface area (Å²) in [6, 6.07) is 11.0. The van der Waals surface area contributed by atoms with E-state index < -0.39 is 19.9 Å². The average Bonchev–Trinajstić information content (AvgIpc) is 3.37. The van der Waals surface area contributed by atoms with Crippen molar-refractivity contribution in [2.45, 2.75) is 29.6 Å². The van der Waals surface area contributed by atoms with Gasteiger partial charge in [0.05, 0.1) is 27.7 Å². The zero-order valence-electron chi connectivity index (χ0n) is 22.7. The van der Waals surface area contributed by atoms with Gasteiger partial charge < -0.3 is 4.74 Å². The molecule has 2 aromatic carbocycles. The van der Waals surface area contributed by atoms with Gasteiger partial charge in [-0.1, -0.05) is 24.3 Å². The van der Waals surface area contributed by atoms with Gasteiger partial charge in [-0.15, -0.1) is 0 Å². The third kappa shape index (κ3) is 6.24. The van der Waals surface area contributed by atoms with Crippen LogP contribution in [0, 0.1) is 5.92 Å². The van der Waals surface area contributed by atoms with E-state index in [1.54, 1.807) is 29.2 Å². The fourth-order valence-corrected chi connectivity index (χ4v) is 8.63. The molecule has 1 unspecified atom stereocenters. The quantitative estimate of drug-likeness (QED) is 0.384. The van der Waals surface area contributed by atoms with Crippen molar-refractivity contribution in [2.75, 3.05) is 63.6 Å². The summed E-state index contributed by atoms with van der Waals surface area (Å²) in [6.07, 6.45) is 2.98. The monoisotopic (exact) mass is 606 g/mol. The van der Waals surface area contributed by atoms with Crippen molar-refractivity contribution in [3.63, 3.8) is 0 Å². The number of amides is 1. The highest BCUT2D eigenvalue weighted by Crippen LogP contribution is 2.33. The highest BCUT2D eigenvalue weighted by atomic mass is 32.2. The molecule has 0 bridgehead atoms. The molecule has 40 heavy (non-hydrogen) atoms. The molecule has 13 heteroatoms. The first kappa shape index (κ1) is 29.1. The Kier molecular flexibility index (Phi) is 8.60. The molecule has 2 fully saturated rings. The first-order chi connectivity index (χ1) is 19.0. The summed E-state index contributed by atoms with van der Waals surface area (Å²) in [7, 11) is -7.17. The zero-order chi connectivity index (χ0) is 28.5. The number of fused-ring (bicyclic) bond motifs is 1. The van der Waals surface area contributed by atoms with Crippen molar-refractivity contribution in [2.24, 2.45) is 5.92 Å². The number of hydrogen-bond donors (Lipinski definition) is 0. The Morgan fingerprint density at radius 2 is 1.80 bits per heavy atom. The number of carbonyl (C=O) groups excluding carboxylic acids is 1. The number of anilines is 1. The van der Waals surface area contributed by atoms with Crippen LogP contribution in [0.1, 0.15) is 30.1 Å². The van der Waals surface area contributed by atoms with Crippen molar-refractivity contribution >= 4 is 52.5 Å². The summed E-state index contributed by atoms with van der Waals surface area (Å²) in [5.74, 6) is -0.0230. The summed E-state index contributed by atoms with van der Waals surface area (Å²) in [6.45, 7) is 6.71. The van der Waals surface area contributed by atoms with Crippen molar-refractivity contribution < 1.29 is 26.4 Å². The van der Waals surface area contributed by atoms with E-state index in [0.717, 1.165) is 32.2 Å². The first-order valence-electron chi connectivity index (χ1n) is 13.4. The largest absolute Gasteiger partial charge is 0.379 e. The van der Waals surface area contributed by atoms with Gasteiger partial charge in [0.1, 0.15) is 5.52 Å². The molecule has 2 aliphatic rings. The fourth-order valence-electron chi connectivity index (χ4n) is 5.12. The maximum Gasteiger partial charge on any atom is 0.260 e. The van der Waals surface area contributed by atoms with Crippen molar-refractivity contribution in [3.05, 3.63) is 48.0 Å². The molecule has 216 valence electrons. The van der Waals surface area contributed by atoms with Gasteiger partial charge in [0.25, 0.3) is 5.91 Å². The average molecular weight is 607 g/mol. The highest BCUT2D eigenvalue weighted by molar-refractivity contribution is 7.91. The van der Waals surface area contributed by atoms with Crippen LogP contribution >= 0.6 is 11.3 Å². The minimum Gasteiger partial charge on any atom is -0.379 e. The molecule has 10 nitrogen and oxygen atoms in total. The van der Waals surface area contributed by atoms with Crippen LogP contribution in [0.3, 0.4) is 0 Å². The second-order valence-electron chi connectivity index (χ2n) is 10.4. The number of para-hydroxylation sites is 1. The second-order valence-corrected chi connectivity index (χ2v) is 15.3. The van der Waals surface area contributed by atoms with E-state index in [0.29, 0.717) is 66.2 Å². The zero-order valence-corrected chi connectivity index (χ0v) is 25.1. The fraction of sp³-hybridized carbons (Fsp3) is 0.481. The van der Waals surface area contributed by atoms with Crippen LogP contribution in [-0.4, -0.2) is 95.7 Å². The first-order valence-corrected chi connectivity index (χ1v) is 17.5. The maximum absolute atomic E-state index is 13.9. The van der Waals surface area contributed by atoms with E-state index in [4.69, 9.17) is 4.74 Å². The van der Waals surface area contributed by atoms with E-state index in [1.807, 2.05) is 0 Å². The number of hydrogen-bond acceptors (Lipinski definition) is 9. The molecule has 1 atom stereocenters. The molecule has 1 amide bonds. The van der Waals surface area contributed by atoms with Crippen LogP contribution in [0.2, 0.25) is 0 Å². The molecular formula is C27H34N4O6S3. The summed E-state index contributed by atoms with van der Waals surface area (Å²) < 4.78 is 58.8. The highest BCUT2D eigenvalue weighted by Gasteiger charge is 2.30. The Morgan fingerprint density at radius 1 is 1.07 bits per heavy atom. The van der Waals surface area contributed by atoms with Gasteiger partial charge in [-0.25, -0.2) is 21.8 Å². The molecule has 2 aliphatic heterocycles. The number of nitrogens with zero attached hydrogens (tertiary/aromatic N) is 4. The molecule has 0 radical (unpaired) electrons. The third-order valence-electron chi connectivity index (χ3n) is 7.35. The SMILES string of the molecule is CC1CCCN(S(=O)(=O)c2ccc(C(=O)N(CCN3CCOCC3)c3nc4c(S(C)(=O)=O)cccc4s3)cc2)C1. The van der Waals surface area contributed by atoms with Crippen LogP contribution in [0.15, 0.2) is 52.3 Å². The predicted octanol–water partition coefficient (Wildman–Crippen LogP) is 3.10. The number of thiazole rings is 1. The molecule has 0 saturated carbocycles. The minimum atomic E-state index is -3.65. The molecule has 2 saturated heterocycles. The number of benzene rings is 2. The van der Waals surface area contributed by atoms with E-state index in [-0.39, 0.29) is 15.7 Å².